The second-order valence-corrected chi connectivity index (χ2v) is 8.42. The number of ether oxygens (including phenoxy) is 4. The second kappa shape index (κ2) is 7.35. The van der Waals surface area contributed by atoms with Crippen LogP contribution in [0.1, 0.15) is 47.5 Å². The minimum Gasteiger partial charge on any atom is -0.461 e. The molecule has 0 saturated carbocycles. The van der Waals surface area contributed by atoms with Crippen LogP contribution in [0.4, 0.5) is 0 Å². The van der Waals surface area contributed by atoms with Crippen molar-refractivity contribution >= 4 is 17.9 Å². The van der Waals surface area contributed by atoms with E-state index in [0.29, 0.717) is 12.8 Å². The molecule has 0 amide bonds. The van der Waals surface area contributed by atoms with Crippen molar-refractivity contribution in [2.75, 3.05) is 0 Å². The zero-order valence-corrected chi connectivity index (χ0v) is 17.0. The maximum absolute atomic E-state index is 12.3. The lowest BCUT2D eigenvalue weighted by atomic mass is 9.82. The molecule has 28 heavy (non-hydrogen) atoms. The van der Waals surface area contributed by atoms with Crippen molar-refractivity contribution in [3.8, 4) is 0 Å². The Morgan fingerprint density at radius 1 is 1.32 bits per heavy atom. The van der Waals surface area contributed by atoms with E-state index >= 15 is 0 Å². The SMILES string of the molecule is C=C1C(=O)O[C@@H]2/C=C(/C)C(OC(C)=O)C[C@H]3O[C@]3(C)CC(OC(=O)C(C)C)[C@@H]12. The van der Waals surface area contributed by atoms with Crippen molar-refractivity contribution in [2.45, 2.75) is 77.5 Å². The van der Waals surface area contributed by atoms with Gasteiger partial charge in [-0.05, 0) is 25.5 Å². The quantitative estimate of drug-likeness (QED) is 0.240. The van der Waals surface area contributed by atoms with Gasteiger partial charge in [-0.15, -0.1) is 0 Å². The summed E-state index contributed by atoms with van der Waals surface area (Å²) in [7, 11) is 0. The number of epoxide rings is 1. The smallest absolute Gasteiger partial charge is 0.334 e. The van der Waals surface area contributed by atoms with Crippen LogP contribution in [0.2, 0.25) is 0 Å². The van der Waals surface area contributed by atoms with Crippen molar-refractivity contribution in [3.63, 3.8) is 0 Å². The topological polar surface area (TPSA) is 91.4 Å². The Balaban J connectivity index is 1.98. The van der Waals surface area contributed by atoms with Gasteiger partial charge in [0.15, 0.2) is 0 Å². The molecule has 3 aliphatic rings. The fraction of sp³-hybridized carbons (Fsp3) is 0.667. The molecule has 7 heteroatoms. The van der Waals surface area contributed by atoms with Crippen molar-refractivity contribution < 1.29 is 33.3 Å². The largest absolute Gasteiger partial charge is 0.461 e. The summed E-state index contributed by atoms with van der Waals surface area (Å²) in [5, 5.41) is 0. The summed E-state index contributed by atoms with van der Waals surface area (Å²) >= 11 is 0. The van der Waals surface area contributed by atoms with Crippen LogP contribution in [0.5, 0.6) is 0 Å². The highest BCUT2D eigenvalue weighted by atomic mass is 16.6. The molecule has 2 fully saturated rings. The van der Waals surface area contributed by atoms with E-state index in [2.05, 4.69) is 6.58 Å². The van der Waals surface area contributed by atoms with E-state index in [-0.39, 0.29) is 29.5 Å². The van der Waals surface area contributed by atoms with Crippen LogP contribution in [0, 0.1) is 11.8 Å². The van der Waals surface area contributed by atoms with Crippen molar-refractivity contribution in [1.29, 1.82) is 0 Å². The Bertz CT molecular complexity index is 737. The maximum atomic E-state index is 12.3. The molecule has 2 aliphatic heterocycles. The highest BCUT2D eigenvalue weighted by molar-refractivity contribution is 5.91. The number of carbonyl (C=O) groups is 3. The maximum Gasteiger partial charge on any atom is 0.334 e. The van der Waals surface area contributed by atoms with Crippen molar-refractivity contribution in [1.82, 2.24) is 0 Å². The molecule has 6 atom stereocenters. The lowest BCUT2D eigenvalue weighted by Gasteiger charge is -2.30. The van der Waals surface area contributed by atoms with Gasteiger partial charge in [0.05, 0.1) is 23.5 Å². The third-order valence-electron chi connectivity index (χ3n) is 5.71. The van der Waals surface area contributed by atoms with E-state index in [1.807, 2.05) is 13.8 Å². The van der Waals surface area contributed by atoms with E-state index in [1.165, 1.54) is 6.92 Å². The lowest BCUT2D eigenvalue weighted by molar-refractivity contribution is -0.157. The number of hydrogen-bond acceptors (Lipinski definition) is 7. The Morgan fingerprint density at radius 2 is 2.00 bits per heavy atom. The summed E-state index contributed by atoms with van der Waals surface area (Å²) in [6.07, 6.45) is 0.846. The van der Waals surface area contributed by atoms with Crippen LogP contribution in [-0.4, -0.2) is 47.9 Å². The molecular weight excluding hydrogens is 364 g/mol. The Hall–Kier alpha value is -2.15. The summed E-state index contributed by atoms with van der Waals surface area (Å²) in [6.45, 7) is 12.5. The second-order valence-electron chi connectivity index (χ2n) is 8.42. The summed E-state index contributed by atoms with van der Waals surface area (Å²) in [4.78, 5) is 36.1. The third kappa shape index (κ3) is 3.99. The van der Waals surface area contributed by atoms with Gasteiger partial charge in [-0.1, -0.05) is 20.4 Å². The van der Waals surface area contributed by atoms with Crippen LogP contribution < -0.4 is 0 Å². The molecule has 2 heterocycles. The molecule has 3 rings (SSSR count). The fourth-order valence-corrected chi connectivity index (χ4v) is 3.96. The van der Waals surface area contributed by atoms with Crippen LogP contribution in [-0.2, 0) is 33.3 Å². The number of esters is 3. The monoisotopic (exact) mass is 392 g/mol. The van der Waals surface area contributed by atoms with Gasteiger partial charge in [-0.25, -0.2) is 4.79 Å². The van der Waals surface area contributed by atoms with Gasteiger partial charge in [0.25, 0.3) is 0 Å². The molecular formula is C21H28O7. The molecule has 0 aromatic carbocycles. The molecule has 0 aromatic rings. The zero-order chi connectivity index (χ0) is 20.8. The van der Waals surface area contributed by atoms with Crippen molar-refractivity contribution in [2.24, 2.45) is 11.8 Å². The first-order valence-corrected chi connectivity index (χ1v) is 9.65. The van der Waals surface area contributed by atoms with Crippen LogP contribution >= 0.6 is 0 Å². The minimum atomic E-state index is -0.637. The summed E-state index contributed by atoms with van der Waals surface area (Å²) in [5.74, 6) is -2.04. The summed E-state index contributed by atoms with van der Waals surface area (Å²) in [5.41, 5.74) is 0.511. The highest BCUT2D eigenvalue weighted by Crippen LogP contribution is 2.48. The average Bonchev–Trinajstić information content (AvgIpc) is 3.11. The van der Waals surface area contributed by atoms with Crippen LogP contribution in [0.25, 0.3) is 0 Å². The van der Waals surface area contributed by atoms with Gasteiger partial charge in [0.1, 0.15) is 18.3 Å². The molecule has 2 unspecified atom stereocenters. The molecule has 0 N–H and O–H groups in total. The first-order valence-electron chi connectivity index (χ1n) is 9.65. The Morgan fingerprint density at radius 3 is 2.61 bits per heavy atom. The predicted molar refractivity (Wildman–Crippen MR) is 99.1 cm³/mol. The number of rotatable bonds is 3. The van der Waals surface area contributed by atoms with E-state index in [0.717, 1.165) is 5.57 Å². The third-order valence-corrected chi connectivity index (χ3v) is 5.71. The summed E-state index contributed by atoms with van der Waals surface area (Å²) < 4.78 is 22.7. The standard InChI is InChI=1S/C21H28O7/c1-10(2)19(23)27-16-9-21(6)17(28-21)8-14(25-13(5)22)11(3)7-15-18(16)12(4)20(24)26-15/h7,10,14-18H,4,8-9H2,1-3,5-6H3/b11-7-/t14?,15-,16?,17-,18+,21-/m1/s1. The number of fused-ring (bicyclic) bond motifs is 2. The molecule has 0 spiro atoms. The van der Waals surface area contributed by atoms with Gasteiger partial charge >= 0.3 is 17.9 Å². The average molecular weight is 392 g/mol. The minimum absolute atomic E-state index is 0.136. The van der Waals surface area contributed by atoms with Gasteiger partial charge in [0, 0.05) is 25.3 Å². The Kier molecular flexibility index (Phi) is 5.40. The number of hydrogen-bond donors (Lipinski definition) is 0. The normalized spacial score (nSPS) is 39.2. The van der Waals surface area contributed by atoms with Crippen molar-refractivity contribution in [3.05, 3.63) is 23.8 Å². The predicted octanol–water partition coefficient (Wildman–Crippen LogP) is 2.48. The lowest BCUT2D eigenvalue weighted by Crippen LogP contribution is -2.38. The fourth-order valence-electron chi connectivity index (χ4n) is 3.96. The summed E-state index contributed by atoms with van der Waals surface area (Å²) in [6, 6.07) is 0. The molecule has 0 aromatic heterocycles. The van der Waals surface area contributed by atoms with Gasteiger partial charge in [0.2, 0.25) is 0 Å². The molecule has 0 bridgehead atoms. The van der Waals surface area contributed by atoms with E-state index in [9.17, 15) is 14.4 Å². The Labute approximate surface area is 165 Å². The van der Waals surface area contributed by atoms with Gasteiger partial charge in [-0.3, -0.25) is 9.59 Å². The van der Waals surface area contributed by atoms with E-state index < -0.39 is 35.8 Å². The molecule has 2 saturated heterocycles. The van der Waals surface area contributed by atoms with Gasteiger partial charge in [-0.2, -0.15) is 0 Å². The molecule has 1 aliphatic carbocycles. The van der Waals surface area contributed by atoms with Crippen LogP contribution in [0.3, 0.4) is 0 Å². The number of carbonyl (C=O) groups excluding carboxylic acids is 3. The molecule has 0 radical (unpaired) electrons. The zero-order valence-electron chi connectivity index (χ0n) is 17.0. The van der Waals surface area contributed by atoms with Crippen LogP contribution in [0.15, 0.2) is 23.8 Å². The molecule has 154 valence electrons. The van der Waals surface area contributed by atoms with E-state index in [4.69, 9.17) is 18.9 Å². The van der Waals surface area contributed by atoms with E-state index in [1.54, 1.807) is 19.9 Å². The molecule has 7 nitrogen and oxygen atoms in total. The first-order chi connectivity index (χ1) is 13.0. The first kappa shape index (κ1) is 20.6. The highest BCUT2D eigenvalue weighted by Gasteiger charge is 2.58. The van der Waals surface area contributed by atoms with Gasteiger partial charge < -0.3 is 18.9 Å².